The summed E-state index contributed by atoms with van der Waals surface area (Å²) in [4.78, 5) is 9.77. The molecule has 0 heterocycles. The summed E-state index contributed by atoms with van der Waals surface area (Å²) in [6.07, 6.45) is -0.925. The van der Waals surface area contributed by atoms with Crippen LogP contribution in [0.15, 0.2) is 0 Å². The van der Waals surface area contributed by atoms with Crippen LogP contribution in [0.1, 0.15) is 6.92 Å². The molecule has 3 nitrogen and oxygen atoms in total. The molecule has 0 aromatic carbocycles. The summed E-state index contributed by atoms with van der Waals surface area (Å²) in [5.41, 5.74) is 0. The molecule has 0 saturated heterocycles. The Labute approximate surface area is 57.7 Å². The fraction of sp³-hybridized carbons (Fsp3) is 0.667. The molecule has 1 amide bonds. The van der Waals surface area contributed by atoms with Gasteiger partial charge in [-0.2, -0.15) is 0 Å². The summed E-state index contributed by atoms with van der Waals surface area (Å²) in [6.45, 7) is 2.00. The van der Waals surface area contributed by atoms with Gasteiger partial charge in [0.05, 0.1) is 0 Å². The number of hydrogen-bond donors (Lipinski definition) is 2. The van der Waals surface area contributed by atoms with Crippen LogP contribution in [0.4, 0.5) is 4.79 Å². The zero-order valence-electron chi connectivity index (χ0n) is 4.38. The van der Waals surface area contributed by atoms with Crippen LogP contribution in [0.25, 0.3) is 0 Å². The second-order valence-electron chi connectivity index (χ2n) is 0.897. The van der Waals surface area contributed by atoms with Crippen LogP contribution >= 0.6 is 10.2 Å². The monoisotopic (exact) mass is 201 g/mol. The molecular weight excluding hydrogens is 193 g/mol. The molecule has 0 bridgehead atoms. The molecule has 2 N–H and O–H groups in total. The van der Waals surface area contributed by atoms with Gasteiger partial charge >= 0.3 is 57.2 Å². The van der Waals surface area contributed by atoms with Gasteiger partial charge in [0.1, 0.15) is 0 Å². The maximum absolute atomic E-state index is 9.77. The maximum atomic E-state index is 9.77. The van der Waals surface area contributed by atoms with Gasteiger partial charge in [-0.3, -0.25) is 0 Å². The molecular formula is C3H7NO2SSe. The Hall–Kier alpha value is 0.139. The van der Waals surface area contributed by atoms with E-state index in [1.165, 1.54) is 0 Å². The Morgan fingerprint density at radius 2 is 2.62 bits per heavy atom. The first-order valence-corrected chi connectivity index (χ1v) is 5.91. The minimum absolute atomic E-state index is 0.0145. The van der Waals surface area contributed by atoms with Crippen molar-refractivity contribution in [2.75, 3.05) is 5.75 Å². The van der Waals surface area contributed by atoms with Gasteiger partial charge < -0.3 is 0 Å². The van der Waals surface area contributed by atoms with Crippen molar-refractivity contribution in [1.29, 1.82) is 0 Å². The van der Waals surface area contributed by atoms with Crippen molar-refractivity contribution in [3.05, 3.63) is 0 Å². The summed E-state index contributed by atoms with van der Waals surface area (Å²) in [5, 5.41) is 8.03. The van der Waals surface area contributed by atoms with Gasteiger partial charge in [0.2, 0.25) is 0 Å². The zero-order chi connectivity index (χ0) is 6.41. The third-order valence-corrected chi connectivity index (χ3v) is 3.86. The second kappa shape index (κ2) is 5.28. The van der Waals surface area contributed by atoms with Crippen LogP contribution in [0.2, 0.25) is 0 Å². The predicted octanol–water partition coefficient (Wildman–Crippen LogP) is 0.541. The van der Waals surface area contributed by atoms with Gasteiger partial charge in [-0.25, -0.2) is 0 Å². The van der Waals surface area contributed by atoms with Crippen LogP contribution in [-0.2, 0) is 0 Å². The summed E-state index contributed by atoms with van der Waals surface area (Å²) in [5.74, 6) is 0.972. The fourth-order valence-corrected chi connectivity index (χ4v) is 1.93. The van der Waals surface area contributed by atoms with Crippen molar-refractivity contribution >= 4 is 30.3 Å². The van der Waals surface area contributed by atoms with Gasteiger partial charge in [-0.1, -0.05) is 0 Å². The molecule has 0 aliphatic carbocycles. The molecule has 0 aliphatic rings. The average molecular weight is 200 g/mol. The van der Waals surface area contributed by atoms with Crippen molar-refractivity contribution in [2.24, 2.45) is 0 Å². The molecule has 0 aliphatic heterocycles. The van der Waals surface area contributed by atoms with E-state index in [-0.39, 0.29) is 14.1 Å². The quantitative estimate of drug-likeness (QED) is 0.516. The molecule has 48 valence electrons. The standard InChI is InChI=1S/C3H7NO2SSe/c1-2-7-8-4-3(5)6/h4H,2H2,1H3,(H,5,6). The van der Waals surface area contributed by atoms with Crippen LogP contribution in [0, 0.1) is 0 Å². The Morgan fingerprint density at radius 3 is 3.00 bits per heavy atom. The Kier molecular flexibility index (Phi) is 5.37. The number of carboxylic acid groups (broad SMARTS) is 1. The third kappa shape index (κ3) is 6.14. The van der Waals surface area contributed by atoms with Gasteiger partial charge in [-0.05, 0) is 0 Å². The normalized spacial score (nSPS) is 8.62. The minimum atomic E-state index is -0.925. The van der Waals surface area contributed by atoms with Crippen molar-refractivity contribution in [3.63, 3.8) is 0 Å². The third-order valence-electron chi connectivity index (χ3n) is 0.306. The molecule has 0 radical (unpaired) electrons. The van der Waals surface area contributed by atoms with Gasteiger partial charge in [0, 0.05) is 0 Å². The molecule has 0 atom stereocenters. The van der Waals surface area contributed by atoms with Crippen LogP contribution < -0.4 is 4.33 Å². The SMILES string of the molecule is CCS[Se]NC(=O)O. The van der Waals surface area contributed by atoms with E-state index in [1.54, 1.807) is 10.2 Å². The van der Waals surface area contributed by atoms with E-state index in [1.807, 2.05) is 6.92 Å². The van der Waals surface area contributed by atoms with Crippen LogP contribution in [0.5, 0.6) is 0 Å². The summed E-state index contributed by atoms with van der Waals surface area (Å²) >= 11 is 0.0145. The van der Waals surface area contributed by atoms with Gasteiger partial charge in [-0.15, -0.1) is 0 Å². The Morgan fingerprint density at radius 1 is 2.00 bits per heavy atom. The number of amides is 1. The van der Waals surface area contributed by atoms with E-state index in [0.29, 0.717) is 0 Å². The summed E-state index contributed by atoms with van der Waals surface area (Å²) < 4.78 is 2.29. The summed E-state index contributed by atoms with van der Waals surface area (Å²) in [6, 6.07) is 0. The first-order chi connectivity index (χ1) is 3.77. The van der Waals surface area contributed by atoms with E-state index in [4.69, 9.17) is 5.11 Å². The molecule has 5 heteroatoms. The molecule has 0 saturated carbocycles. The molecule has 0 spiro atoms. The van der Waals surface area contributed by atoms with E-state index in [9.17, 15) is 4.79 Å². The second-order valence-corrected chi connectivity index (χ2v) is 4.84. The van der Waals surface area contributed by atoms with Crippen LogP contribution in [0.3, 0.4) is 0 Å². The number of carbonyl (C=O) groups is 1. The zero-order valence-corrected chi connectivity index (χ0v) is 6.91. The van der Waals surface area contributed by atoms with E-state index >= 15 is 0 Å². The fourth-order valence-electron chi connectivity index (χ4n) is 0.124. The molecule has 8 heavy (non-hydrogen) atoms. The van der Waals surface area contributed by atoms with E-state index in [0.717, 1.165) is 5.75 Å². The van der Waals surface area contributed by atoms with Crippen molar-refractivity contribution < 1.29 is 9.90 Å². The molecule has 0 unspecified atom stereocenters. The Balaban J connectivity index is 2.82. The Bertz CT molecular complexity index is 79.7. The number of nitrogens with one attached hydrogen (secondary N) is 1. The number of rotatable bonds is 3. The van der Waals surface area contributed by atoms with Gasteiger partial charge in [0.15, 0.2) is 0 Å². The van der Waals surface area contributed by atoms with Crippen molar-refractivity contribution in [2.45, 2.75) is 6.92 Å². The molecule has 0 rings (SSSR count). The van der Waals surface area contributed by atoms with Crippen LogP contribution in [-0.4, -0.2) is 31.0 Å². The van der Waals surface area contributed by atoms with Crippen molar-refractivity contribution in [1.82, 2.24) is 4.33 Å². The topological polar surface area (TPSA) is 49.3 Å². The first kappa shape index (κ1) is 8.14. The molecule has 0 aromatic rings. The van der Waals surface area contributed by atoms with E-state index in [2.05, 4.69) is 4.33 Å². The summed E-state index contributed by atoms with van der Waals surface area (Å²) in [7, 11) is 1.61. The van der Waals surface area contributed by atoms with Crippen molar-refractivity contribution in [3.8, 4) is 0 Å². The molecule has 0 fully saturated rings. The number of hydrogen-bond acceptors (Lipinski definition) is 2. The predicted molar refractivity (Wildman–Crippen MR) is 35.0 cm³/mol. The molecule has 0 aromatic heterocycles. The van der Waals surface area contributed by atoms with E-state index < -0.39 is 6.09 Å². The average Bonchev–Trinajstić information content (AvgIpc) is 1.66. The first-order valence-electron chi connectivity index (χ1n) is 2.04. The van der Waals surface area contributed by atoms with Gasteiger partial charge in [0.25, 0.3) is 0 Å².